The van der Waals surface area contributed by atoms with Gasteiger partial charge >= 0.3 is 0 Å². The van der Waals surface area contributed by atoms with Crippen molar-refractivity contribution in [3.63, 3.8) is 0 Å². The largest absolute Gasteiger partial charge is 0.396 e. The van der Waals surface area contributed by atoms with Crippen LogP contribution in [0.4, 0.5) is 0 Å². The highest BCUT2D eigenvalue weighted by Gasteiger charge is 2.34. The van der Waals surface area contributed by atoms with Crippen molar-refractivity contribution in [2.45, 2.75) is 56.9 Å². The number of nitrogens with two attached hydrogens (primary N) is 1. The molecule has 0 bridgehead atoms. The molecule has 1 fully saturated rings. The lowest BCUT2D eigenvalue weighted by Gasteiger charge is -2.32. The van der Waals surface area contributed by atoms with Crippen LogP contribution in [-0.2, 0) is 22.4 Å². The Kier molecular flexibility index (Phi) is 8.37. The average Bonchev–Trinajstić information content (AvgIpc) is 3.39. The van der Waals surface area contributed by atoms with E-state index in [0.29, 0.717) is 12.0 Å². The molecule has 3 unspecified atom stereocenters. The maximum Gasteiger partial charge on any atom is 0.244 e. The van der Waals surface area contributed by atoms with E-state index in [1.807, 2.05) is 42.5 Å². The summed E-state index contributed by atoms with van der Waals surface area (Å²) >= 11 is 0. The Morgan fingerprint density at radius 1 is 1.00 bits per heavy atom. The van der Waals surface area contributed by atoms with Gasteiger partial charge in [-0.25, -0.2) is 4.98 Å². The predicted molar refractivity (Wildman–Crippen MR) is 152 cm³/mol. The van der Waals surface area contributed by atoms with Crippen LogP contribution in [0.2, 0.25) is 0 Å². The smallest absolute Gasteiger partial charge is 0.244 e. The Morgan fingerprint density at radius 2 is 1.77 bits per heavy atom. The first-order valence-electron chi connectivity index (χ1n) is 13.8. The number of aromatic nitrogens is 2. The Labute approximate surface area is 228 Å². The molecule has 7 heteroatoms. The highest BCUT2D eigenvalue weighted by molar-refractivity contribution is 5.89. The van der Waals surface area contributed by atoms with E-state index in [1.54, 1.807) is 0 Å². The number of aromatic amines is 1. The van der Waals surface area contributed by atoms with Crippen LogP contribution in [0.3, 0.4) is 0 Å². The summed E-state index contributed by atoms with van der Waals surface area (Å²) in [6.45, 7) is 0.151. The normalized spacial score (nSPS) is 18.1. The molecule has 4 aromatic rings. The number of nitrogens with zero attached hydrogens (tertiary/aromatic N) is 1. The van der Waals surface area contributed by atoms with Crippen molar-refractivity contribution in [2.75, 3.05) is 6.61 Å². The zero-order valence-corrected chi connectivity index (χ0v) is 22.1. The summed E-state index contributed by atoms with van der Waals surface area (Å²) in [5.41, 5.74) is 11.8. The first-order valence-corrected chi connectivity index (χ1v) is 13.8. The molecule has 5 N–H and O–H groups in total. The van der Waals surface area contributed by atoms with Crippen LogP contribution in [0.5, 0.6) is 0 Å². The number of hydrogen-bond donors (Lipinski definition) is 4. The summed E-state index contributed by atoms with van der Waals surface area (Å²) < 4.78 is 0. The summed E-state index contributed by atoms with van der Waals surface area (Å²) in [6.07, 6.45) is 5.97. The van der Waals surface area contributed by atoms with Crippen molar-refractivity contribution in [2.24, 2.45) is 11.7 Å². The zero-order chi connectivity index (χ0) is 27.2. The van der Waals surface area contributed by atoms with E-state index >= 15 is 0 Å². The summed E-state index contributed by atoms with van der Waals surface area (Å²) in [5, 5.41) is 12.1. The highest BCUT2D eigenvalue weighted by atomic mass is 16.3. The molecule has 39 heavy (non-hydrogen) atoms. The van der Waals surface area contributed by atoms with E-state index in [-0.39, 0.29) is 24.3 Å². The van der Waals surface area contributed by atoms with E-state index < -0.39 is 11.9 Å². The Balaban J connectivity index is 1.30. The molecule has 0 spiro atoms. The van der Waals surface area contributed by atoms with Crippen LogP contribution in [0.15, 0.2) is 72.8 Å². The van der Waals surface area contributed by atoms with E-state index in [0.717, 1.165) is 66.5 Å². The van der Waals surface area contributed by atoms with Crippen LogP contribution in [0.25, 0.3) is 11.0 Å². The molecule has 1 aromatic heterocycles. The van der Waals surface area contributed by atoms with Gasteiger partial charge in [-0.2, -0.15) is 0 Å². The number of primary amides is 1. The third-order valence-electron chi connectivity index (χ3n) is 7.83. The molecular weight excluding hydrogens is 488 g/mol. The fourth-order valence-corrected chi connectivity index (χ4v) is 5.81. The van der Waals surface area contributed by atoms with Crippen LogP contribution in [0, 0.1) is 5.92 Å². The number of aryl methyl sites for hydroxylation is 1. The number of rotatable bonds is 10. The van der Waals surface area contributed by atoms with Crippen molar-refractivity contribution >= 4 is 22.8 Å². The number of carbonyl (C=O) groups is 2. The zero-order valence-electron chi connectivity index (χ0n) is 22.1. The number of aliphatic hydroxyl groups is 1. The van der Waals surface area contributed by atoms with Gasteiger partial charge in [-0.15, -0.1) is 0 Å². The van der Waals surface area contributed by atoms with Crippen LogP contribution in [0.1, 0.15) is 72.1 Å². The number of fused-ring (bicyclic) bond motifs is 1. The number of aliphatic hydroxyl groups excluding tert-OH is 1. The molecule has 1 saturated carbocycles. The number of nitrogens with one attached hydrogen (secondary N) is 2. The van der Waals surface area contributed by atoms with Crippen molar-refractivity contribution < 1.29 is 14.7 Å². The summed E-state index contributed by atoms with van der Waals surface area (Å²) in [7, 11) is 0. The van der Waals surface area contributed by atoms with E-state index in [4.69, 9.17) is 15.8 Å². The van der Waals surface area contributed by atoms with Gasteiger partial charge in [0.05, 0.1) is 11.0 Å². The van der Waals surface area contributed by atoms with Crippen LogP contribution in [-0.4, -0.2) is 33.5 Å². The van der Waals surface area contributed by atoms with Crippen LogP contribution >= 0.6 is 0 Å². The number of imidazole rings is 1. The second-order valence-electron chi connectivity index (χ2n) is 10.5. The Morgan fingerprint density at radius 3 is 2.51 bits per heavy atom. The van der Waals surface area contributed by atoms with E-state index in [1.165, 1.54) is 5.56 Å². The van der Waals surface area contributed by atoms with Gasteiger partial charge < -0.3 is 21.1 Å². The molecule has 202 valence electrons. The number of carbonyl (C=O) groups excluding carboxylic acids is 2. The van der Waals surface area contributed by atoms with Gasteiger partial charge in [0.2, 0.25) is 11.8 Å². The monoisotopic (exact) mass is 524 g/mol. The highest BCUT2D eigenvalue weighted by Crippen LogP contribution is 2.38. The lowest BCUT2D eigenvalue weighted by Crippen LogP contribution is -2.42. The van der Waals surface area contributed by atoms with Crippen molar-refractivity contribution in [1.82, 2.24) is 15.3 Å². The van der Waals surface area contributed by atoms with Crippen molar-refractivity contribution in [3.8, 4) is 0 Å². The van der Waals surface area contributed by atoms with Gasteiger partial charge in [0, 0.05) is 18.9 Å². The average molecular weight is 525 g/mol. The predicted octanol–water partition coefficient (Wildman–Crippen LogP) is 4.70. The molecule has 3 aromatic carbocycles. The fraction of sp³-hybridized carbons (Fsp3) is 0.344. The molecule has 1 aliphatic rings. The first-order chi connectivity index (χ1) is 19.0. The maximum atomic E-state index is 13.4. The standard InChI is InChI=1S/C32H36N4O3/c33-31(38)30(23-8-2-1-3-9-23)36-32(39)26-12-5-4-11-25(26)22-17-15-21(16-18-22)20-24-10-6-13-27-29(24)35-28(34-27)14-7-19-37/h1-3,6,8-10,13,15-18,25-26,30,37H,4-5,7,11-12,14,19-20H2,(H2,33,38)(H,34,35)(H,36,39). The lowest BCUT2D eigenvalue weighted by atomic mass is 9.74. The van der Waals surface area contributed by atoms with E-state index in [2.05, 4.69) is 40.6 Å². The SMILES string of the molecule is NC(=O)C(NC(=O)C1CCCCC1c1ccc(Cc2cccc3[nH]c(CCCO)nc23)cc1)c1ccccc1. The minimum absolute atomic E-state index is 0.0981. The van der Waals surface area contributed by atoms with E-state index in [9.17, 15) is 9.59 Å². The van der Waals surface area contributed by atoms with Gasteiger partial charge in [-0.1, -0.05) is 79.6 Å². The molecule has 7 nitrogen and oxygen atoms in total. The first kappa shape index (κ1) is 26.6. The van der Waals surface area contributed by atoms with Gasteiger partial charge in [-0.3, -0.25) is 9.59 Å². The fourth-order valence-electron chi connectivity index (χ4n) is 5.81. The van der Waals surface area contributed by atoms with Gasteiger partial charge in [0.25, 0.3) is 0 Å². The number of para-hydroxylation sites is 1. The maximum absolute atomic E-state index is 13.4. The van der Waals surface area contributed by atoms with Gasteiger partial charge in [-0.05, 0) is 59.9 Å². The minimum atomic E-state index is -0.836. The van der Waals surface area contributed by atoms with Crippen LogP contribution < -0.4 is 11.1 Å². The number of hydrogen-bond acceptors (Lipinski definition) is 4. The molecule has 0 saturated heterocycles. The van der Waals surface area contributed by atoms with Crippen molar-refractivity contribution in [1.29, 1.82) is 0 Å². The quantitative estimate of drug-likeness (QED) is 0.240. The Hall–Kier alpha value is -3.97. The second-order valence-corrected chi connectivity index (χ2v) is 10.5. The Bertz CT molecular complexity index is 1410. The molecule has 0 aliphatic heterocycles. The molecule has 2 amide bonds. The molecular formula is C32H36N4O3. The third-order valence-corrected chi connectivity index (χ3v) is 7.83. The topological polar surface area (TPSA) is 121 Å². The van der Waals surface area contributed by atoms with Crippen molar-refractivity contribution in [3.05, 3.63) is 101 Å². The third kappa shape index (κ3) is 6.20. The lowest BCUT2D eigenvalue weighted by molar-refractivity contribution is -0.131. The molecule has 1 aliphatic carbocycles. The molecule has 3 atom stereocenters. The van der Waals surface area contributed by atoms with Gasteiger partial charge in [0.1, 0.15) is 11.9 Å². The number of benzene rings is 3. The number of amides is 2. The summed E-state index contributed by atoms with van der Waals surface area (Å²) in [6, 6.07) is 23.1. The minimum Gasteiger partial charge on any atom is -0.396 e. The molecule has 1 heterocycles. The number of H-pyrrole nitrogens is 1. The summed E-state index contributed by atoms with van der Waals surface area (Å²) in [4.78, 5) is 33.8. The molecule has 0 radical (unpaired) electrons. The molecule has 5 rings (SSSR count). The van der Waals surface area contributed by atoms with Gasteiger partial charge in [0.15, 0.2) is 0 Å². The summed E-state index contributed by atoms with van der Waals surface area (Å²) in [5.74, 6) is 0.123. The second kappa shape index (κ2) is 12.3.